The Kier molecular flexibility index (Phi) is 9.06. The third-order valence-electron chi connectivity index (χ3n) is 3.37. The molecule has 1 aromatic rings. The van der Waals surface area contributed by atoms with E-state index in [1.54, 1.807) is 0 Å². The van der Waals surface area contributed by atoms with Gasteiger partial charge < -0.3 is 23.6 Å². The fourth-order valence-corrected chi connectivity index (χ4v) is 2.63. The smallest absolute Gasteiger partial charge is 0.472 e. The monoisotopic (exact) mass is 420 g/mol. The first-order chi connectivity index (χ1) is 13.0. The van der Waals surface area contributed by atoms with Crippen LogP contribution in [0.2, 0.25) is 0 Å². The standard InChI is InChI=1S/C17H26NO9P/c1-18(2,3)6-7-26-28(21,22)27-9-8-25-15-11-13(16(19)23-4)10-14(12-15)17(20)24-5/h10-12H,6-9H2,1-5H3/p+1. The SMILES string of the molecule is COC(=O)c1cc(OCCOP(=O)(O)OCC[N+](C)(C)C)cc(C(=O)OC)c1. The van der Waals surface area contributed by atoms with Gasteiger partial charge in [-0.2, -0.15) is 0 Å². The van der Waals surface area contributed by atoms with Gasteiger partial charge in [0.25, 0.3) is 0 Å². The number of esters is 2. The van der Waals surface area contributed by atoms with Gasteiger partial charge in [-0.1, -0.05) is 0 Å². The summed E-state index contributed by atoms with van der Waals surface area (Å²) in [5.41, 5.74) is 0.190. The van der Waals surface area contributed by atoms with Crippen LogP contribution in [0.4, 0.5) is 0 Å². The summed E-state index contributed by atoms with van der Waals surface area (Å²) in [5.74, 6) is -1.14. The minimum Gasteiger partial charge on any atom is -0.491 e. The third-order valence-corrected chi connectivity index (χ3v) is 4.39. The quantitative estimate of drug-likeness (QED) is 0.246. The molecule has 0 bridgehead atoms. The van der Waals surface area contributed by atoms with Gasteiger partial charge in [0.15, 0.2) is 0 Å². The van der Waals surface area contributed by atoms with Crippen molar-refractivity contribution in [2.75, 3.05) is 61.7 Å². The van der Waals surface area contributed by atoms with E-state index >= 15 is 0 Å². The second kappa shape index (κ2) is 10.5. The largest absolute Gasteiger partial charge is 0.491 e. The molecular weight excluding hydrogens is 393 g/mol. The predicted octanol–water partition coefficient (Wildman–Crippen LogP) is 1.48. The van der Waals surface area contributed by atoms with Crippen LogP contribution in [-0.4, -0.2) is 83.0 Å². The lowest BCUT2D eigenvalue weighted by Gasteiger charge is -2.24. The first kappa shape index (κ1) is 24.1. The first-order valence-corrected chi connectivity index (χ1v) is 9.84. The second-order valence-electron chi connectivity index (χ2n) is 6.73. The maximum atomic E-state index is 11.8. The zero-order valence-corrected chi connectivity index (χ0v) is 17.6. The summed E-state index contributed by atoms with van der Waals surface area (Å²) in [4.78, 5) is 33.1. The van der Waals surface area contributed by atoms with E-state index in [-0.39, 0.29) is 36.7 Å². The van der Waals surface area contributed by atoms with Crippen LogP contribution in [0.1, 0.15) is 20.7 Å². The number of rotatable bonds is 11. The summed E-state index contributed by atoms with van der Waals surface area (Å²) in [7, 11) is 3.98. The molecule has 1 N–H and O–H groups in total. The van der Waals surface area contributed by atoms with Crippen LogP contribution in [0.25, 0.3) is 0 Å². The fourth-order valence-electron chi connectivity index (χ4n) is 1.93. The first-order valence-electron chi connectivity index (χ1n) is 8.34. The van der Waals surface area contributed by atoms with Crippen LogP contribution in [0.3, 0.4) is 0 Å². The van der Waals surface area contributed by atoms with E-state index in [0.29, 0.717) is 11.0 Å². The average Bonchev–Trinajstić information content (AvgIpc) is 2.62. The zero-order valence-electron chi connectivity index (χ0n) is 16.7. The molecule has 1 rings (SSSR count). The number of benzene rings is 1. The predicted molar refractivity (Wildman–Crippen MR) is 99.2 cm³/mol. The number of likely N-dealkylation sites (N-methyl/N-ethyl adjacent to an activating group) is 1. The van der Waals surface area contributed by atoms with Gasteiger partial charge >= 0.3 is 19.8 Å². The molecule has 10 nitrogen and oxygen atoms in total. The second-order valence-corrected chi connectivity index (χ2v) is 8.18. The van der Waals surface area contributed by atoms with Gasteiger partial charge in [-0.05, 0) is 18.2 Å². The van der Waals surface area contributed by atoms with Crippen LogP contribution in [0.15, 0.2) is 18.2 Å². The highest BCUT2D eigenvalue weighted by atomic mass is 31.2. The van der Waals surface area contributed by atoms with Crippen molar-refractivity contribution in [3.8, 4) is 5.75 Å². The van der Waals surface area contributed by atoms with Gasteiger partial charge in [-0.25, -0.2) is 14.2 Å². The fraction of sp³-hybridized carbons (Fsp3) is 0.529. The number of hydrogen-bond acceptors (Lipinski definition) is 8. The van der Waals surface area contributed by atoms with E-state index in [1.807, 2.05) is 21.1 Å². The van der Waals surface area contributed by atoms with Gasteiger partial charge in [-0.3, -0.25) is 9.05 Å². The molecule has 1 aromatic carbocycles. The molecule has 28 heavy (non-hydrogen) atoms. The molecule has 11 heteroatoms. The molecule has 0 heterocycles. The number of phosphoric ester groups is 1. The van der Waals surface area contributed by atoms with E-state index in [1.165, 1.54) is 32.4 Å². The molecule has 0 aromatic heterocycles. The van der Waals surface area contributed by atoms with Crippen molar-refractivity contribution < 1.29 is 46.8 Å². The highest BCUT2D eigenvalue weighted by Gasteiger charge is 2.22. The van der Waals surface area contributed by atoms with Crippen LogP contribution >= 0.6 is 7.82 Å². The summed E-state index contributed by atoms with van der Waals surface area (Å²) in [6.45, 7) is 0.228. The zero-order chi connectivity index (χ0) is 21.4. The highest BCUT2D eigenvalue weighted by molar-refractivity contribution is 7.47. The number of nitrogens with zero attached hydrogens (tertiary/aromatic N) is 1. The Labute approximate surface area is 164 Å². The van der Waals surface area contributed by atoms with Crippen molar-refractivity contribution in [2.45, 2.75) is 0 Å². The summed E-state index contributed by atoms with van der Waals surface area (Å²) in [6.07, 6.45) is 0. The number of ether oxygens (including phenoxy) is 3. The van der Waals surface area contributed by atoms with E-state index in [2.05, 4.69) is 9.47 Å². The van der Waals surface area contributed by atoms with Gasteiger partial charge in [0.1, 0.15) is 25.5 Å². The number of carbonyl (C=O) groups is 2. The molecule has 158 valence electrons. The van der Waals surface area contributed by atoms with Crippen molar-refractivity contribution in [2.24, 2.45) is 0 Å². The summed E-state index contributed by atoms with van der Waals surface area (Å²) in [5, 5.41) is 0. The summed E-state index contributed by atoms with van der Waals surface area (Å²) in [6, 6.07) is 4.05. The topological polar surface area (TPSA) is 118 Å². The van der Waals surface area contributed by atoms with Crippen molar-refractivity contribution in [3.63, 3.8) is 0 Å². The summed E-state index contributed by atoms with van der Waals surface area (Å²) < 4.78 is 36.8. The van der Waals surface area contributed by atoms with E-state index in [9.17, 15) is 19.0 Å². The van der Waals surface area contributed by atoms with Gasteiger partial charge in [0.05, 0.1) is 53.1 Å². The van der Waals surface area contributed by atoms with Crippen LogP contribution in [-0.2, 0) is 23.1 Å². The average molecular weight is 420 g/mol. The number of carbonyl (C=O) groups excluding carboxylic acids is 2. The lowest BCUT2D eigenvalue weighted by atomic mass is 10.1. The van der Waals surface area contributed by atoms with Crippen molar-refractivity contribution >= 4 is 19.8 Å². The Morgan fingerprint density at radius 3 is 1.89 bits per heavy atom. The van der Waals surface area contributed by atoms with E-state index < -0.39 is 19.8 Å². The summed E-state index contributed by atoms with van der Waals surface area (Å²) >= 11 is 0. The normalized spacial score (nSPS) is 13.5. The number of phosphoric acid groups is 1. The Morgan fingerprint density at radius 2 is 1.43 bits per heavy atom. The van der Waals surface area contributed by atoms with E-state index in [4.69, 9.17) is 13.8 Å². The molecule has 0 spiro atoms. The molecule has 0 saturated heterocycles. The molecule has 1 atom stereocenters. The Morgan fingerprint density at radius 1 is 0.929 bits per heavy atom. The molecule has 0 saturated carbocycles. The lowest BCUT2D eigenvalue weighted by Crippen LogP contribution is -2.37. The molecule has 0 aliphatic carbocycles. The van der Waals surface area contributed by atoms with E-state index in [0.717, 1.165) is 0 Å². The molecule has 0 amide bonds. The number of methoxy groups -OCH3 is 2. The van der Waals surface area contributed by atoms with Crippen LogP contribution in [0.5, 0.6) is 5.75 Å². The lowest BCUT2D eigenvalue weighted by molar-refractivity contribution is -0.870. The highest BCUT2D eigenvalue weighted by Crippen LogP contribution is 2.42. The maximum absolute atomic E-state index is 11.8. The minimum absolute atomic E-state index is 0.0573. The molecule has 0 radical (unpaired) electrons. The van der Waals surface area contributed by atoms with Crippen molar-refractivity contribution in [1.82, 2.24) is 0 Å². The number of hydrogen-bond donors (Lipinski definition) is 1. The third kappa shape index (κ3) is 8.81. The molecule has 0 fully saturated rings. The molecule has 0 aliphatic rings. The van der Waals surface area contributed by atoms with Gasteiger partial charge in [0.2, 0.25) is 0 Å². The van der Waals surface area contributed by atoms with Gasteiger partial charge in [0, 0.05) is 0 Å². The Hall–Kier alpha value is -1.97. The Bertz CT molecular complexity index is 696. The Balaban J connectivity index is 2.63. The van der Waals surface area contributed by atoms with Crippen LogP contribution < -0.4 is 4.74 Å². The maximum Gasteiger partial charge on any atom is 0.472 e. The molecular formula is C17H27NO9P+. The number of quaternary nitrogens is 1. The van der Waals surface area contributed by atoms with Crippen molar-refractivity contribution in [3.05, 3.63) is 29.3 Å². The molecule has 0 aliphatic heterocycles. The van der Waals surface area contributed by atoms with Gasteiger partial charge in [-0.15, -0.1) is 0 Å². The van der Waals surface area contributed by atoms with Crippen LogP contribution in [0, 0.1) is 0 Å². The minimum atomic E-state index is -4.20. The van der Waals surface area contributed by atoms with Crippen molar-refractivity contribution in [1.29, 1.82) is 0 Å². The molecule has 1 unspecified atom stereocenters.